The third-order valence-electron chi connectivity index (χ3n) is 3.20. The second kappa shape index (κ2) is 7.35. The van der Waals surface area contributed by atoms with Crippen LogP contribution < -0.4 is 0 Å². The lowest BCUT2D eigenvalue weighted by Crippen LogP contribution is -2.51. The van der Waals surface area contributed by atoms with Crippen LogP contribution in [0.4, 0.5) is 0 Å². The third-order valence-corrected chi connectivity index (χ3v) is 7.94. The highest BCUT2D eigenvalue weighted by molar-refractivity contribution is 6.70. The van der Waals surface area contributed by atoms with Crippen molar-refractivity contribution in [2.75, 3.05) is 27.4 Å². The summed E-state index contributed by atoms with van der Waals surface area (Å²) in [6.07, 6.45) is 1.61. The molecule has 0 aliphatic rings. The van der Waals surface area contributed by atoms with Crippen LogP contribution in [0.1, 0.15) is 26.7 Å². The SMILES string of the molecule is CCC(CO)[Si](OC)(OC)C(CC)CO. The number of rotatable bonds is 8. The smallest absolute Gasteiger partial charge is 0.348 e. The van der Waals surface area contributed by atoms with E-state index >= 15 is 0 Å². The number of aliphatic hydroxyl groups excluding tert-OH is 2. The Bertz CT molecular complexity index is 140. The zero-order valence-corrected chi connectivity index (χ0v) is 11.2. The molecule has 0 spiro atoms. The molecule has 0 rings (SSSR count). The molecule has 15 heavy (non-hydrogen) atoms. The summed E-state index contributed by atoms with van der Waals surface area (Å²) in [4.78, 5) is 0. The molecule has 0 aromatic rings. The first-order valence-electron chi connectivity index (χ1n) is 5.48. The van der Waals surface area contributed by atoms with Gasteiger partial charge in [-0.3, -0.25) is 0 Å². The van der Waals surface area contributed by atoms with Crippen molar-refractivity contribution in [2.24, 2.45) is 0 Å². The molecule has 0 saturated carbocycles. The molecule has 92 valence electrons. The molecule has 0 fully saturated rings. The first-order valence-corrected chi connectivity index (χ1v) is 7.45. The summed E-state index contributed by atoms with van der Waals surface area (Å²) in [5.74, 6) is 0. The molecule has 0 amide bonds. The third kappa shape index (κ3) is 3.01. The Hall–Kier alpha value is 0.0569. The lowest BCUT2D eigenvalue weighted by molar-refractivity contribution is 0.165. The average molecular weight is 236 g/mol. The Morgan fingerprint density at radius 1 is 0.933 bits per heavy atom. The maximum Gasteiger partial charge on any atom is 0.348 e. The van der Waals surface area contributed by atoms with Crippen molar-refractivity contribution in [3.63, 3.8) is 0 Å². The quantitative estimate of drug-likeness (QED) is 0.623. The van der Waals surface area contributed by atoms with Crippen LogP contribution in [0.25, 0.3) is 0 Å². The Kier molecular flexibility index (Phi) is 7.38. The molecule has 0 radical (unpaired) electrons. The van der Waals surface area contributed by atoms with Crippen LogP contribution in [0.5, 0.6) is 0 Å². The fourth-order valence-corrected chi connectivity index (χ4v) is 5.98. The summed E-state index contributed by atoms with van der Waals surface area (Å²) < 4.78 is 11.1. The summed E-state index contributed by atoms with van der Waals surface area (Å²) in [7, 11) is 0.733. The summed E-state index contributed by atoms with van der Waals surface area (Å²) in [5, 5.41) is 18.7. The summed E-state index contributed by atoms with van der Waals surface area (Å²) in [6, 6.07) is 0. The van der Waals surface area contributed by atoms with Crippen LogP contribution in [0, 0.1) is 0 Å². The lowest BCUT2D eigenvalue weighted by Gasteiger charge is -2.38. The Labute approximate surface area is 93.5 Å². The zero-order valence-electron chi connectivity index (χ0n) is 10.2. The minimum absolute atomic E-state index is 0.0181. The van der Waals surface area contributed by atoms with Gasteiger partial charge in [0.2, 0.25) is 0 Å². The molecule has 0 heterocycles. The monoisotopic (exact) mass is 236 g/mol. The van der Waals surface area contributed by atoms with Gasteiger partial charge in [-0.15, -0.1) is 0 Å². The van der Waals surface area contributed by atoms with E-state index in [1.165, 1.54) is 0 Å². The van der Waals surface area contributed by atoms with E-state index in [4.69, 9.17) is 8.85 Å². The van der Waals surface area contributed by atoms with Gasteiger partial charge >= 0.3 is 8.56 Å². The van der Waals surface area contributed by atoms with Crippen LogP contribution in [0.15, 0.2) is 0 Å². The van der Waals surface area contributed by atoms with Gasteiger partial charge in [-0.25, -0.2) is 0 Å². The van der Waals surface area contributed by atoms with Crippen LogP contribution in [0.2, 0.25) is 11.1 Å². The fraction of sp³-hybridized carbons (Fsp3) is 1.00. The van der Waals surface area contributed by atoms with Gasteiger partial charge in [0.05, 0.1) is 0 Å². The van der Waals surface area contributed by atoms with Crippen molar-refractivity contribution < 1.29 is 19.1 Å². The molecular weight excluding hydrogens is 212 g/mol. The average Bonchev–Trinajstić information content (AvgIpc) is 2.29. The highest BCUT2D eigenvalue weighted by Crippen LogP contribution is 2.37. The van der Waals surface area contributed by atoms with E-state index < -0.39 is 8.56 Å². The van der Waals surface area contributed by atoms with Gasteiger partial charge in [0.1, 0.15) is 0 Å². The summed E-state index contributed by atoms with van der Waals surface area (Å²) >= 11 is 0. The molecule has 0 aromatic heterocycles. The molecule has 2 unspecified atom stereocenters. The normalized spacial score (nSPS) is 16.4. The predicted molar refractivity (Wildman–Crippen MR) is 62.0 cm³/mol. The van der Waals surface area contributed by atoms with Crippen molar-refractivity contribution in [1.82, 2.24) is 0 Å². The Balaban J connectivity index is 4.98. The lowest BCUT2D eigenvalue weighted by atomic mass is 10.3. The van der Waals surface area contributed by atoms with E-state index in [-0.39, 0.29) is 24.3 Å². The largest absolute Gasteiger partial charge is 0.397 e. The molecule has 2 N–H and O–H groups in total. The Morgan fingerprint density at radius 3 is 1.40 bits per heavy atom. The minimum atomic E-state index is -2.50. The molecular formula is C10H24O4Si. The molecule has 0 bridgehead atoms. The van der Waals surface area contributed by atoms with Crippen molar-refractivity contribution in [2.45, 2.75) is 37.8 Å². The van der Waals surface area contributed by atoms with E-state index in [0.717, 1.165) is 12.8 Å². The van der Waals surface area contributed by atoms with Gasteiger partial charge in [-0.2, -0.15) is 0 Å². The number of aliphatic hydroxyl groups is 2. The van der Waals surface area contributed by atoms with E-state index in [2.05, 4.69) is 0 Å². The zero-order chi connectivity index (χ0) is 11.9. The maximum absolute atomic E-state index is 9.36. The predicted octanol–water partition coefficient (Wildman–Crippen LogP) is 1.27. The van der Waals surface area contributed by atoms with Crippen LogP contribution >= 0.6 is 0 Å². The first-order chi connectivity index (χ1) is 7.16. The molecule has 0 saturated heterocycles. The van der Waals surface area contributed by atoms with E-state index in [1.54, 1.807) is 14.2 Å². The minimum Gasteiger partial charge on any atom is -0.397 e. The highest BCUT2D eigenvalue weighted by atomic mass is 28.4. The molecule has 0 aromatic carbocycles. The van der Waals surface area contributed by atoms with Gasteiger partial charge < -0.3 is 19.1 Å². The molecule has 0 aliphatic heterocycles. The van der Waals surface area contributed by atoms with Crippen molar-refractivity contribution in [1.29, 1.82) is 0 Å². The van der Waals surface area contributed by atoms with Crippen molar-refractivity contribution >= 4 is 8.56 Å². The maximum atomic E-state index is 9.36. The molecule has 4 nitrogen and oxygen atoms in total. The summed E-state index contributed by atoms with van der Waals surface area (Å²) in [6.45, 7) is 4.12. The second-order valence-corrected chi connectivity index (χ2v) is 7.60. The topological polar surface area (TPSA) is 58.9 Å². The molecule has 0 aliphatic carbocycles. The van der Waals surface area contributed by atoms with Crippen LogP contribution in [-0.4, -0.2) is 46.2 Å². The fourth-order valence-electron chi connectivity index (χ4n) is 2.17. The summed E-state index contributed by atoms with van der Waals surface area (Å²) in [5.41, 5.74) is 0.0363. The van der Waals surface area contributed by atoms with Gasteiger partial charge in [-0.1, -0.05) is 13.8 Å². The molecule has 2 atom stereocenters. The van der Waals surface area contributed by atoms with Crippen molar-refractivity contribution in [3.05, 3.63) is 0 Å². The standard InChI is InChI=1S/C10H24O4Si/c1-5-9(7-11)15(13-3,14-4)10(6-2)8-12/h9-12H,5-8H2,1-4H3. The highest BCUT2D eigenvalue weighted by Gasteiger charge is 2.49. The van der Waals surface area contributed by atoms with Crippen molar-refractivity contribution in [3.8, 4) is 0 Å². The van der Waals surface area contributed by atoms with E-state index in [9.17, 15) is 10.2 Å². The second-order valence-electron chi connectivity index (χ2n) is 3.71. The number of hydrogen-bond acceptors (Lipinski definition) is 4. The van der Waals surface area contributed by atoms with E-state index in [0.29, 0.717) is 0 Å². The molecule has 5 heteroatoms. The number of hydrogen-bond donors (Lipinski definition) is 2. The van der Waals surface area contributed by atoms with Gasteiger partial charge in [0, 0.05) is 38.5 Å². The van der Waals surface area contributed by atoms with Crippen LogP contribution in [0.3, 0.4) is 0 Å². The van der Waals surface area contributed by atoms with Gasteiger partial charge in [0.25, 0.3) is 0 Å². The van der Waals surface area contributed by atoms with Gasteiger partial charge in [0.15, 0.2) is 0 Å². The Morgan fingerprint density at radius 2 is 1.27 bits per heavy atom. The van der Waals surface area contributed by atoms with Gasteiger partial charge in [-0.05, 0) is 12.8 Å². The first kappa shape index (κ1) is 15.1. The van der Waals surface area contributed by atoms with E-state index in [1.807, 2.05) is 13.8 Å². The van der Waals surface area contributed by atoms with Crippen LogP contribution in [-0.2, 0) is 8.85 Å².